The maximum atomic E-state index is 11.6. The minimum Gasteiger partial charge on any atom is -0.456 e. The van der Waals surface area contributed by atoms with E-state index in [0.29, 0.717) is 19.8 Å². The quantitative estimate of drug-likeness (QED) is 0.0988. The van der Waals surface area contributed by atoms with Gasteiger partial charge in [-0.25, -0.2) is 0 Å². The molecule has 0 aromatic carbocycles. The highest BCUT2D eigenvalue weighted by atomic mass is 16.7. The van der Waals surface area contributed by atoms with Gasteiger partial charge >= 0.3 is 17.9 Å². The minimum atomic E-state index is -1.15. The van der Waals surface area contributed by atoms with Crippen molar-refractivity contribution in [2.45, 2.75) is 58.4 Å². The van der Waals surface area contributed by atoms with E-state index in [1.54, 1.807) is 6.92 Å². The summed E-state index contributed by atoms with van der Waals surface area (Å²) in [4.78, 5) is 37.3. The number of carbonyl (C=O) groups excluding carboxylic acids is 3. The predicted octanol–water partition coefficient (Wildman–Crippen LogP) is 0.886. The van der Waals surface area contributed by atoms with Gasteiger partial charge in [-0.05, 0) is 12.5 Å². The van der Waals surface area contributed by atoms with Crippen molar-refractivity contribution < 1.29 is 47.5 Å². The van der Waals surface area contributed by atoms with Gasteiger partial charge in [-0.1, -0.05) is 5.11 Å². The smallest absolute Gasteiger partial charge is 0.303 e. The van der Waals surface area contributed by atoms with Gasteiger partial charge in [-0.15, -0.1) is 0 Å². The van der Waals surface area contributed by atoms with Gasteiger partial charge in [-0.3, -0.25) is 14.4 Å². The molecule has 0 aromatic rings. The molecule has 0 aliphatic carbocycles. The normalized spacial score (nSPS) is 25.2. The second kappa shape index (κ2) is 14.5. The van der Waals surface area contributed by atoms with E-state index in [-0.39, 0.29) is 19.8 Å². The average Bonchev–Trinajstić information content (AvgIpc) is 2.68. The van der Waals surface area contributed by atoms with Crippen LogP contribution in [0.1, 0.15) is 27.7 Å². The number of hydrogen-bond donors (Lipinski definition) is 0. The highest BCUT2D eigenvalue weighted by molar-refractivity contribution is 5.68. The van der Waals surface area contributed by atoms with Crippen molar-refractivity contribution >= 4 is 17.9 Å². The van der Waals surface area contributed by atoms with E-state index in [4.69, 9.17) is 38.7 Å². The Kier molecular flexibility index (Phi) is 12.5. The van der Waals surface area contributed by atoms with E-state index in [1.165, 1.54) is 20.8 Å². The molecule has 1 rings (SSSR count). The number of hydrogen-bond acceptors (Lipinski definition) is 11. The van der Waals surface area contributed by atoms with Crippen LogP contribution in [-0.4, -0.2) is 88.2 Å². The summed E-state index contributed by atoms with van der Waals surface area (Å²) in [5, 5.41) is 3.34. The summed E-state index contributed by atoms with van der Waals surface area (Å²) in [5.41, 5.74) is 8.15. The lowest BCUT2D eigenvalue weighted by molar-refractivity contribution is -0.302. The van der Waals surface area contributed by atoms with Crippen molar-refractivity contribution in [2.75, 3.05) is 39.6 Å². The third-order valence-corrected chi connectivity index (χ3v) is 3.91. The predicted molar refractivity (Wildman–Crippen MR) is 103 cm³/mol. The fraction of sp³-hybridized carbons (Fsp3) is 0.833. The fourth-order valence-corrected chi connectivity index (χ4v) is 2.80. The largest absolute Gasteiger partial charge is 0.456 e. The highest BCUT2D eigenvalue weighted by Crippen LogP contribution is 2.29. The molecule has 1 aliphatic heterocycles. The molecule has 0 bridgehead atoms. The molecule has 0 saturated carbocycles. The molecule has 31 heavy (non-hydrogen) atoms. The number of esters is 3. The van der Waals surface area contributed by atoms with Crippen molar-refractivity contribution in [1.29, 1.82) is 0 Å². The first-order chi connectivity index (χ1) is 14.8. The summed E-state index contributed by atoms with van der Waals surface area (Å²) >= 11 is 0. The first-order valence-electron chi connectivity index (χ1n) is 9.71. The molecule has 1 aliphatic rings. The maximum Gasteiger partial charge on any atom is 0.303 e. The van der Waals surface area contributed by atoms with Gasteiger partial charge in [0, 0.05) is 32.2 Å². The van der Waals surface area contributed by atoms with Crippen LogP contribution in [-0.2, 0) is 47.5 Å². The summed E-state index contributed by atoms with van der Waals surface area (Å²) in [6.45, 7) is 6.61. The Morgan fingerprint density at radius 2 is 1.35 bits per heavy atom. The van der Waals surface area contributed by atoms with Crippen molar-refractivity contribution in [3.8, 4) is 0 Å². The average molecular weight is 447 g/mol. The Balaban J connectivity index is 2.62. The fourth-order valence-electron chi connectivity index (χ4n) is 2.80. The molecule has 2 unspecified atom stereocenters. The first kappa shape index (κ1) is 26.6. The molecule has 13 heteroatoms. The lowest BCUT2D eigenvalue weighted by Crippen LogP contribution is -2.61. The molecule has 5 atom stereocenters. The van der Waals surface area contributed by atoms with Gasteiger partial charge < -0.3 is 33.2 Å². The van der Waals surface area contributed by atoms with Crippen molar-refractivity contribution in [3.05, 3.63) is 10.4 Å². The van der Waals surface area contributed by atoms with Crippen LogP contribution in [0.4, 0.5) is 0 Å². The van der Waals surface area contributed by atoms with Crippen molar-refractivity contribution in [1.82, 2.24) is 0 Å². The van der Waals surface area contributed by atoms with Gasteiger partial charge in [0.05, 0.1) is 39.1 Å². The number of azide groups is 1. The summed E-state index contributed by atoms with van der Waals surface area (Å²) in [6.07, 6.45) is -5.01. The van der Waals surface area contributed by atoms with E-state index in [9.17, 15) is 14.4 Å². The van der Waals surface area contributed by atoms with E-state index < -0.39 is 48.6 Å². The molecular formula is C18H29N3O10. The minimum absolute atomic E-state index is 0.0822. The van der Waals surface area contributed by atoms with E-state index in [2.05, 4.69) is 10.0 Å². The van der Waals surface area contributed by atoms with E-state index >= 15 is 0 Å². The van der Waals surface area contributed by atoms with Gasteiger partial charge in [-0.2, -0.15) is 0 Å². The number of rotatable bonds is 13. The molecule has 1 heterocycles. The lowest BCUT2D eigenvalue weighted by atomic mass is 9.99. The van der Waals surface area contributed by atoms with Crippen LogP contribution in [0, 0.1) is 0 Å². The van der Waals surface area contributed by atoms with Crippen molar-refractivity contribution in [3.63, 3.8) is 0 Å². The van der Waals surface area contributed by atoms with E-state index in [0.717, 1.165) is 0 Å². The van der Waals surface area contributed by atoms with Crippen LogP contribution in [0.3, 0.4) is 0 Å². The van der Waals surface area contributed by atoms with Crippen LogP contribution in [0.2, 0.25) is 0 Å². The summed E-state index contributed by atoms with van der Waals surface area (Å²) in [5.74, 6) is -1.89. The molecule has 0 amide bonds. The Hall–Kier alpha value is -2.44. The Morgan fingerprint density at radius 1 is 0.839 bits per heavy atom. The maximum absolute atomic E-state index is 11.6. The molecular weight excluding hydrogens is 418 g/mol. The van der Waals surface area contributed by atoms with Gasteiger partial charge in [0.25, 0.3) is 0 Å². The zero-order valence-electron chi connectivity index (χ0n) is 18.1. The van der Waals surface area contributed by atoms with Crippen LogP contribution < -0.4 is 0 Å². The summed E-state index contributed by atoms with van der Waals surface area (Å²) in [6, 6.07) is 0. The standard InChI is InChI=1S/C18H29N3O10/c1-11-15(29-12(2)22)16(30-13(3)23)17(31-14(4)24)18(28-11)27-10-9-26-8-7-25-6-5-20-21-19/h11,15-18H,5-10H2,1-4H3/t11-,15+,16?,17+,18?/m1/s1. The van der Waals surface area contributed by atoms with Gasteiger partial charge in [0.15, 0.2) is 24.6 Å². The third kappa shape index (κ3) is 10.4. The molecule has 1 fully saturated rings. The van der Waals surface area contributed by atoms with Gasteiger partial charge in [0.1, 0.15) is 0 Å². The Morgan fingerprint density at radius 3 is 1.94 bits per heavy atom. The molecule has 0 N–H and O–H groups in total. The topological polar surface area (TPSA) is 165 Å². The first-order valence-corrected chi connectivity index (χ1v) is 9.71. The molecule has 13 nitrogen and oxygen atoms in total. The van der Waals surface area contributed by atoms with Crippen molar-refractivity contribution in [2.24, 2.45) is 5.11 Å². The van der Waals surface area contributed by atoms with Crippen LogP contribution >= 0.6 is 0 Å². The van der Waals surface area contributed by atoms with Gasteiger partial charge in [0.2, 0.25) is 0 Å². The molecule has 0 radical (unpaired) electrons. The van der Waals surface area contributed by atoms with Crippen LogP contribution in [0.5, 0.6) is 0 Å². The Labute approximate surface area is 179 Å². The second-order valence-corrected chi connectivity index (χ2v) is 6.48. The zero-order valence-corrected chi connectivity index (χ0v) is 18.1. The summed E-state index contributed by atoms with van der Waals surface area (Å²) < 4.78 is 37.7. The molecule has 0 spiro atoms. The van der Waals surface area contributed by atoms with Crippen LogP contribution in [0.25, 0.3) is 10.4 Å². The Bertz CT molecular complexity index is 640. The molecule has 1 saturated heterocycles. The third-order valence-electron chi connectivity index (χ3n) is 3.91. The number of nitrogens with zero attached hydrogens (tertiary/aromatic N) is 3. The lowest BCUT2D eigenvalue weighted by Gasteiger charge is -2.43. The molecule has 0 aromatic heterocycles. The van der Waals surface area contributed by atoms with E-state index in [1.807, 2.05) is 0 Å². The highest BCUT2D eigenvalue weighted by Gasteiger charge is 2.50. The monoisotopic (exact) mass is 447 g/mol. The summed E-state index contributed by atoms with van der Waals surface area (Å²) in [7, 11) is 0. The zero-order chi connectivity index (χ0) is 23.2. The number of carbonyl (C=O) groups is 3. The molecule has 176 valence electrons. The van der Waals surface area contributed by atoms with Crippen LogP contribution in [0.15, 0.2) is 5.11 Å². The SMILES string of the molecule is CC(=O)OC1[C@H](OC(C)=O)C(OCCOCCOCCN=[N+]=[N-])O[C@H](C)[C@@H]1OC(C)=O. The number of ether oxygens (including phenoxy) is 7. The second-order valence-electron chi connectivity index (χ2n) is 6.48.